The third-order valence-electron chi connectivity index (χ3n) is 2.43. The van der Waals surface area contributed by atoms with Gasteiger partial charge < -0.3 is 10.1 Å². The molecule has 0 bridgehead atoms. The van der Waals surface area contributed by atoms with Crippen LogP contribution in [0.5, 0.6) is 0 Å². The Morgan fingerprint density at radius 1 is 1.53 bits per heavy atom. The van der Waals surface area contributed by atoms with Gasteiger partial charge in [0.05, 0.1) is 18.4 Å². The Bertz CT molecular complexity index is 569. The minimum Gasteiger partial charge on any atom is -0.375 e. The second kappa shape index (κ2) is 6.36. The van der Waals surface area contributed by atoms with Crippen molar-refractivity contribution in [3.8, 4) is 0 Å². The lowest BCUT2D eigenvalue weighted by Gasteiger charge is -2.02. The average Bonchev–Trinajstić information content (AvgIpc) is 2.76. The van der Waals surface area contributed by atoms with Crippen molar-refractivity contribution >= 4 is 23.2 Å². The molecule has 0 saturated carbocycles. The highest BCUT2D eigenvalue weighted by Crippen LogP contribution is 2.13. The zero-order chi connectivity index (χ0) is 13.7. The molecule has 2 aromatic rings. The van der Waals surface area contributed by atoms with Gasteiger partial charge in [0.1, 0.15) is 6.61 Å². The van der Waals surface area contributed by atoms with Gasteiger partial charge in [-0.2, -0.15) is 5.10 Å². The second-order valence-electron chi connectivity index (χ2n) is 4.04. The average molecular weight is 280 g/mol. The van der Waals surface area contributed by atoms with E-state index in [4.69, 9.17) is 16.3 Å². The molecule has 5 nitrogen and oxygen atoms in total. The monoisotopic (exact) mass is 279 g/mol. The first-order valence-electron chi connectivity index (χ1n) is 5.73. The maximum atomic E-state index is 11.3. The molecule has 100 valence electrons. The molecule has 1 aromatic heterocycles. The first-order valence-corrected chi connectivity index (χ1v) is 6.11. The number of rotatable bonds is 5. The summed E-state index contributed by atoms with van der Waals surface area (Å²) < 4.78 is 6.47. The molecule has 1 heterocycles. The summed E-state index contributed by atoms with van der Waals surface area (Å²) in [5, 5.41) is 7.55. The Labute approximate surface area is 116 Å². The van der Waals surface area contributed by atoms with Crippen molar-refractivity contribution in [2.24, 2.45) is 0 Å². The normalized spacial score (nSPS) is 10.4. The van der Waals surface area contributed by atoms with Crippen LogP contribution in [-0.2, 0) is 16.1 Å². The van der Waals surface area contributed by atoms with Gasteiger partial charge in [-0.15, -0.1) is 0 Å². The lowest BCUT2D eigenvalue weighted by Crippen LogP contribution is -2.16. The van der Waals surface area contributed by atoms with Crippen LogP contribution in [0, 0.1) is 0 Å². The van der Waals surface area contributed by atoms with Crippen LogP contribution in [0.3, 0.4) is 0 Å². The molecule has 1 N–H and O–H groups in total. The van der Waals surface area contributed by atoms with E-state index in [0.29, 0.717) is 17.3 Å². The van der Waals surface area contributed by atoms with Crippen LogP contribution in [0.4, 0.5) is 5.69 Å². The predicted molar refractivity (Wildman–Crippen MR) is 73.3 cm³/mol. The SMILES string of the molecule is COCC(=O)Nc1cnn(Cc2cccc(Cl)c2)c1. The van der Waals surface area contributed by atoms with Crippen LogP contribution >= 0.6 is 11.6 Å². The third-order valence-corrected chi connectivity index (χ3v) is 2.66. The van der Waals surface area contributed by atoms with Crippen LogP contribution in [0.25, 0.3) is 0 Å². The van der Waals surface area contributed by atoms with Crippen molar-refractivity contribution in [2.45, 2.75) is 6.54 Å². The van der Waals surface area contributed by atoms with Crippen molar-refractivity contribution in [1.82, 2.24) is 9.78 Å². The van der Waals surface area contributed by atoms with Gasteiger partial charge in [0.2, 0.25) is 5.91 Å². The molecule has 0 saturated heterocycles. The zero-order valence-corrected chi connectivity index (χ0v) is 11.2. The van der Waals surface area contributed by atoms with Gasteiger partial charge in [-0.05, 0) is 17.7 Å². The molecule has 0 unspecified atom stereocenters. The fourth-order valence-electron chi connectivity index (χ4n) is 1.67. The molecule has 6 heteroatoms. The molecule has 0 radical (unpaired) electrons. The van der Waals surface area contributed by atoms with E-state index in [-0.39, 0.29) is 12.5 Å². The standard InChI is InChI=1S/C13H14ClN3O2/c1-19-9-13(18)16-12-6-15-17(8-12)7-10-3-2-4-11(14)5-10/h2-6,8H,7,9H2,1H3,(H,16,18). The molecule has 0 aliphatic heterocycles. The number of anilines is 1. The Morgan fingerprint density at radius 2 is 2.37 bits per heavy atom. The van der Waals surface area contributed by atoms with Crippen LogP contribution < -0.4 is 5.32 Å². The molecule has 19 heavy (non-hydrogen) atoms. The molecule has 0 aliphatic rings. The number of amides is 1. The number of hydrogen-bond donors (Lipinski definition) is 1. The fourth-order valence-corrected chi connectivity index (χ4v) is 1.88. The summed E-state index contributed by atoms with van der Waals surface area (Å²) in [6.07, 6.45) is 3.35. The van der Waals surface area contributed by atoms with Gasteiger partial charge >= 0.3 is 0 Å². The molecule has 0 atom stereocenters. The van der Waals surface area contributed by atoms with E-state index in [2.05, 4.69) is 10.4 Å². The highest BCUT2D eigenvalue weighted by Gasteiger charge is 2.04. The maximum Gasteiger partial charge on any atom is 0.250 e. The van der Waals surface area contributed by atoms with Gasteiger partial charge in [0.15, 0.2) is 0 Å². The van der Waals surface area contributed by atoms with Crippen LogP contribution in [0.2, 0.25) is 5.02 Å². The Kier molecular flexibility index (Phi) is 4.54. The van der Waals surface area contributed by atoms with Gasteiger partial charge in [0, 0.05) is 18.3 Å². The van der Waals surface area contributed by atoms with Gasteiger partial charge in [0.25, 0.3) is 0 Å². The lowest BCUT2D eigenvalue weighted by molar-refractivity contribution is -0.119. The maximum absolute atomic E-state index is 11.3. The highest BCUT2D eigenvalue weighted by molar-refractivity contribution is 6.30. The molecule has 1 aromatic carbocycles. The first kappa shape index (κ1) is 13.6. The van der Waals surface area contributed by atoms with E-state index < -0.39 is 0 Å². The summed E-state index contributed by atoms with van der Waals surface area (Å²) in [5.41, 5.74) is 1.69. The Hall–Kier alpha value is -1.85. The van der Waals surface area contributed by atoms with E-state index >= 15 is 0 Å². The topological polar surface area (TPSA) is 56.1 Å². The van der Waals surface area contributed by atoms with Crippen molar-refractivity contribution in [3.63, 3.8) is 0 Å². The number of ether oxygens (including phenoxy) is 1. The van der Waals surface area contributed by atoms with Crippen molar-refractivity contribution < 1.29 is 9.53 Å². The largest absolute Gasteiger partial charge is 0.375 e. The van der Waals surface area contributed by atoms with Crippen molar-refractivity contribution in [2.75, 3.05) is 19.0 Å². The van der Waals surface area contributed by atoms with Crippen LogP contribution in [0.1, 0.15) is 5.56 Å². The molecule has 1 amide bonds. The van der Waals surface area contributed by atoms with Gasteiger partial charge in [-0.25, -0.2) is 0 Å². The molecule has 0 spiro atoms. The molecular weight excluding hydrogens is 266 g/mol. The number of carbonyl (C=O) groups excluding carboxylic acids is 1. The van der Waals surface area contributed by atoms with Crippen molar-refractivity contribution in [3.05, 3.63) is 47.2 Å². The van der Waals surface area contributed by atoms with E-state index in [1.807, 2.05) is 24.3 Å². The molecule has 0 fully saturated rings. The second-order valence-corrected chi connectivity index (χ2v) is 4.47. The van der Waals surface area contributed by atoms with E-state index in [9.17, 15) is 4.79 Å². The van der Waals surface area contributed by atoms with E-state index in [1.165, 1.54) is 7.11 Å². The Morgan fingerprint density at radius 3 is 3.11 bits per heavy atom. The number of benzene rings is 1. The predicted octanol–water partition coefficient (Wildman–Crippen LogP) is 2.17. The summed E-state index contributed by atoms with van der Waals surface area (Å²) in [7, 11) is 1.47. The van der Waals surface area contributed by atoms with Gasteiger partial charge in [-0.3, -0.25) is 9.48 Å². The zero-order valence-electron chi connectivity index (χ0n) is 10.5. The molecule has 2 rings (SSSR count). The number of methoxy groups -OCH3 is 1. The summed E-state index contributed by atoms with van der Waals surface area (Å²) in [5.74, 6) is -0.204. The van der Waals surface area contributed by atoms with E-state index in [0.717, 1.165) is 5.56 Å². The summed E-state index contributed by atoms with van der Waals surface area (Å²) in [4.78, 5) is 11.3. The van der Waals surface area contributed by atoms with Crippen LogP contribution in [-0.4, -0.2) is 29.4 Å². The number of nitrogens with one attached hydrogen (secondary N) is 1. The smallest absolute Gasteiger partial charge is 0.250 e. The third kappa shape index (κ3) is 4.08. The molecule has 0 aliphatic carbocycles. The number of aromatic nitrogens is 2. The first-order chi connectivity index (χ1) is 9.17. The number of hydrogen-bond acceptors (Lipinski definition) is 3. The van der Waals surface area contributed by atoms with E-state index in [1.54, 1.807) is 17.1 Å². The number of nitrogens with zero attached hydrogens (tertiary/aromatic N) is 2. The number of halogens is 1. The summed E-state index contributed by atoms with van der Waals surface area (Å²) >= 11 is 5.92. The Balaban J connectivity index is 1.99. The minimum absolute atomic E-state index is 0.0273. The fraction of sp³-hybridized carbons (Fsp3) is 0.231. The quantitative estimate of drug-likeness (QED) is 0.913. The van der Waals surface area contributed by atoms with Gasteiger partial charge in [-0.1, -0.05) is 23.7 Å². The minimum atomic E-state index is -0.204. The number of carbonyl (C=O) groups is 1. The highest BCUT2D eigenvalue weighted by atomic mass is 35.5. The molecular formula is C13H14ClN3O2. The lowest BCUT2D eigenvalue weighted by atomic mass is 10.2. The van der Waals surface area contributed by atoms with Crippen molar-refractivity contribution in [1.29, 1.82) is 0 Å². The summed E-state index contributed by atoms with van der Waals surface area (Å²) in [6, 6.07) is 7.57. The van der Waals surface area contributed by atoms with Crippen LogP contribution in [0.15, 0.2) is 36.7 Å². The summed E-state index contributed by atoms with van der Waals surface area (Å²) in [6.45, 7) is 0.625.